The van der Waals surface area contributed by atoms with E-state index in [1.807, 2.05) is 10.5 Å². The number of fused-ring (bicyclic) bond motifs is 7. The van der Waals surface area contributed by atoms with Crippen LogP contribution in [-0.4, -0.2) is 36.2 Å². The summed E-state index contributed by atoms with van der Waals surface area (Å²) in [4.78, 5) is 23.5. The van der Waals surface area contributed by atoms with Crippen molar-refractivity contribution in [1.29, 1.82) is 0 Å². The zero-order valence-corrected chi connectivity index (χ0v) is 22.9. The molecule has 2 aromatic carbocycles. The van der Waals surface area contributed by atoms with Crippen molar-refractivity contribution < 1.29 is 4.79 Å². The Morgan fingerprint density at radius 2 is 1.92 bits per heavy atom. The summed E-state index contributed by atoms with van der Waals surface area (Å²) in [5.41, 5.74) is 7.03. The largest absolute Gasteiger partial charge is 0.324 e. The monoisotopic (exact) mass is 576 g/mol. The van der Waals surface area contributed by atoms with Gasteiger partial charge in [0.2, 0.25) is 5.91 Å². The highest BCUT2D eigenvalue weighted by atomic mass is 35.5. The Labute approximate surface area is 235 Å². The average molecular weight is 578 g/mol. The van der Waals surface area contributed by atoms with Crippen LogP contribution >= 0.6 is 46.3 Å². The molecule has 1 N–H and O–H groups in total. The molecule has 6 aromatic rings. The molecule has 7 rings (SSSR count). The number of carbonyl (C=O) groups is 1. The number of amides is 1. The summed E-state index contributed by atoms with van der Waals surface area (Å²) in [6.07, 6.45) is 4.90. The number of benzene rings is 2. The molecule has 4 heterocycles. The minimum atomic E-state index is -0.208. The molecule has 1 aliphatic rings. The van der Waals surface area contributed by atoms with Gasteiger partial charge < -0.3 is 5.32 Å². The Morgan fingerprint density at radius 1 is 1.08 bits per heavy atom. The summed E-state index contributed by atoms with van der Waals surface area (Å²) in [6.45, 7) is 0. The number of carbonyl (C=O) groups excluding carboxylic acids is 1. The second-order valence-corrected chi connectivity index (χ2v) is 11.8. The van der Waals surface area contributed by atoms with E-state index in [0.717, 1.165) is 56.6 Å². The Balaban J connectivity index is 1.23. The predicted octanol–water partition coefficient (Wildman–Crippen LogP) is 7.08. The standard InChI is InChI=1S/C27H18Cl2N6OS2/c28-15-9-10-19(18(29)11-15)31-20(36)12-37-27-34-33-25-24-23(30-13-35(25)27)21-16-7-4-8-17(16)22(32-26(21)38-24)14-5-2-1-3-6-14/h1-3,5-6,9-11,13H,4,7-8,12H2,(H,31,36). The number of nitrogens with zero attached hydrogens (tertiary/aromatic N) is 5. The lowest BCUT2D eigenvalue weighted by Crippen LogP contribution is -2.14. The number of aromatic nitrogens is 5. The van der Waals surface area contributed by atoms with Crippen molar-refractivity contribution >= 4 is 84.0 Å². The van der Waals surface area contributed by atoms with Crippen LogP contribution in [0, 0.1) is 0 Å². The Kier molecular flexibility index (Phi) is 5.96. The van der Waals surface area contributed by atoms with E-state index in [2.05, 4.69) is 39.8 Å². The molecule has 0 saturated carbocycles. The van der Waals surface area contributed by atoms with Gasteiger partial charge in [-0.05, 0) is 48.6 Å². The van der Waals surface area contributed by atoms with Gasteiger partial charge in [0.05, 0.1) is 27.7 Å². The predicted molar refractivity (Wildman–Crippen MR) is 155 cm³/mol. The van der Waals surface area contributed by atoms with Crippen molar-refractivity contribution in [3.8, 4) is 11.3 Å². The normalized spacial score (nSPS) is 13.0. The molecule has 1 aliphatic carbocycles. The number of hydrogen-bond donors (Lipinski definition) is 1. The molecular formula is C27H18Cl2N6OS2. The zero-order valence-electron chi connectivity index (χ0n) is 19.7. The summed E-state index contributed by atoms with van der Waals surface area (Å²) >= 11 is 15.0. The minimum Gasteiger partial charge on any atom is -0.324 e. The molecule has 4 aromatic heterocycles. The number of thioether (sulfide) groups is 1. The van der Waals surface area contributed by atoms with E-state index in [-0.39, 0.29) is 11.7 Å². The first-order chi connectivity index (χ1) is 18.6. The Hall–Kier alpha value is -3.24. The number of thiophene rings is 1. The molecule has 0 unspecified atom stereocenters. The average Bonchev–Trinajstić information content (AvgIpc) is 3.65. The van der Waals surface area contributed by atoms with Crippen LogP contribution in [0.4, 0.5) is 5.69 Å². The maximum atomic E-state index is 12.6. The first-order valence-electron chi connectivity index (χ1n) is 12.0. The molecule has 0 radical (unpaired) electrons. The molecule has 1 amide bonds. The van der Waals surface area contributed by atoms with Gasteiger partial charge in [-0.3, -0.25) is 9.20 Å². The maximum absolute atomic E-state index is 12.6. The molecule has 38 heavy (non-hydrogen) atoms. The van der Waals surface area contributed by atoms with Crippen LogP contribution < -0.4 is 5.32 Å². The van der Waals surface area contributed by atoms with Crippen LogP contribution in [-0.2, 0) is 17.6 Å². The Bertz CT molecular complexity index is 1890. The highest BCUT2D eigenvalue weighted by molar-refractivity contribution is 7.99. The third kappa shape index (κ3) is 4.01. The van der Waals surface area contributed by atoms with Crippen molar-refractivity contribution in [2.45, 2.75) is 24.4 Å². The lowest BCUT2D eigenvalue weighted by Gasteiger charge is -2.09. The smallest absolute Gasteiger partial charge is 0.234 e. The molecule has 7 nitrogen and oxygen atoms in total. The van der Waals surface area contributed by atoms with Gasteiger partial charge in [-0.15, -0.1) is 21.5 Å². The summed E-state index contributed by atoms with van der Waals surface area (Å²) < 4.78 is 2.79. The van der Waals surface area contributed by atoms with Crippen LogP contribution in [0.3, 0.4) is 0 Å². The highest BCUT2D eigenvalue weighted by Gasteiger charge is 2.25. The van der Waals surface area contributed by atoms with Gasteiger partial charge in [0, 0.05) is 16.0 Å². The van der Waals surface area contributed by atoms with Gasteiger partial charge in [-0.1, -0.05) is 65.3 Å². The number of anilines is 1. The molecule has 0 atom stereocenters. The van der Waals surface area contributed by atoms with Crippen molar-refractivity contribution in [1.82, 2.24) is 24.6 Å². The van der Waals surface area contributed by atoms with E-state index in [0.29, 0.717) is 20.9 Å². The van der Waals surface area contributed by atoms with Crippen molar-refractivity contribution in [2.24, 2.45) is 0 Å². The highest BCUT2D eigenvalue weighted by Crippen LogP contribution is 2.43. The van der Waals surface area contributed by atoms with E-state index in [9.17, 15) is 4.79 Å². The quantitative estimate of drug-likeness (QED) is 0.221. The van der Waals surface area contributed by atoms with Gasteiger partial charge in [-0.2, -0.15) is 0 Å². The molecule has 0 fully saturated rings. The molecule has 0 aliphatic heterocycles. The summed E-state index contributed by atoms with van der Waals surface area (Å²) in [5, 5.41) is 14.3. The zero-order chi connectivity index (χ0) is 25.8. The molecule has 0 saturated heterocycles. The first kappa shape index (κ1) is 23.8. The van der Waals surface area contributed by atoms with E-state index in [1.54, 1.807) is 35.9 Å². The van der Waals surface area contributed by atoms with Crippen LogP contribution in [0.25, 0.3) is 37.3 Å². The van der Waals surface area contributed by atoms with Gasteiger partial charge >= 0.3 is 0 Å². The molecular weight excluding hydrogens is 559 g/mol. The lowest BCUT2D eigenvalue weighted by molar-refractivity contribution is -0.113. The summed E-state index contributed by atoms with van der Waals surface area (Å²) in [5.74, 6) is -0.0697. The van der Waals surface area contributed by atoms with Gasteiger partial charge in [0.15, 0.2) is 10.8 Å². The van der Waals surface area contributed by atoms with E-state index < -0.39 is 0 Å². The fraction of sp³-hybridized carbons (Fsp3) is 0.148. The fourth-order valence-electron chi connectivity index (χ4n) is 4.98. The topological polar surface area (TPSA) is 85.1 Å². The first-order valence-corrected chi connectivity index (χ1v) is 14.5. The minimum absolute atomic E-state index is 0.139. The third-order valence-corrected chi connectivity index (χ3v) is 9.20. The van der Waals surface area contributed by atoms with Crippen molar-refractivity contribution in [3.63, 3.8) is 0 Å². The third-order valence-electron chi connectivity index (χ3n) is 6.64. The second kappa shape index (κ2) is 9.50. The van der Waals surface area contributed by atoms with E-state index in [4.69, 9.17) is 33.2 Å². The van der Waals surface area contributed by atoms with E-state index >= 15 is 0 Å². The van der Waals surface area contributed by atoms with Crippen LogP contribution in [0.5, 0.6) is 0 Å². The van der Waals surface area contributed by atoms with Gasteiger partial charge in [0.25, 0.3) is 0 Å². The lowest BCUT2D eigenvalue weighted by atomic mass is 10.0. The molecule has 11 heteroatoms. The molecule has 188 valence electrons. The van der Waals surface area contributed by atoms with Crippen LogP contribution in [0.15, 0.2) is 60.0 Å². The summed E-state index contributed by atoms with van der Waals surface area (Å²) in [6, 6.07) is 15.3. The van der Waals surface area contributed by atoms with Crippen LogP contribution in [0.2, 0.25) is 10.0 Å². The SMILES string of the molecule is O=C(CSc1nnc2c3sc4nc(-c5ccccc5)c5c(c4c3ncn12)CCC5)Nc1ccc(Cl)cc1Cl. The number of halogens is 2. The number of nitrogens with one attached hydrogen (secondary N) is 1. The van der Waals surface area contributed by atoms with E-state index in [1.165, 1.54) is 22.9 Å². The fourth-order valence-corrected chi connectivity index (χ4v) is 7.27. The summed E-state index contributed by atoms with van der Waals surface area (Å²) in [7, 11) is 0. The number of hydrogen-bond acceptors (Lipinski definition) is 7. The van der Waals surface area contributed by atoms with Crippen molar-refractivity contribution in [2.75, 3.05) is 11.1 Å². The number of pyridine rings is 1. The molecule has 0 bridgehead atoms. The van der Waals surface area contributed by atoms with Crippen molar-refractivity contribution in [3.05, 3.63) is 76.0 Å². The number of aryl methyl sites for hydroxylation is 1. The van der Waals surface area contributed by atoms with Gasteiger partial charge in [0.1, 0.15) is 15.9 Å². The van der Waals surface area contributed by atoms with Gasteiger partial charge in [-0.25, -0.2) is 9.97 Å². The number of rotatable bonds is 5. The van der Waals surface area contributed by atoms with Crippen LogP contribution in [0.1, 0.15) is 17.5 Å². The molecule has 0 spiro atoms. The maximum Gasteiger partial charge on any atom is 0.234 e. The second-order valence-electron chi connectivity index (χ2n) is 8.98. The Morgan fingerprint density at radius 3 is 2.76 bits per heavy atom.